The number of rotatable bonds is 8. The first kappa shape index (κ1) is 13.1. The monoisotopic (exact) mass is 246 g/mol. The number of hydrogen-bond acceptors (Lipinski definition) is 3. The van der Waals surface area contributed by atoms with E-state index in [1.54, 1.807) is 0 Å². The third-order valence-electron chi connectivity index (χ3n) is 3.02. The summed E-state index contributed by atoms with van der Waals surface area (Å²) in [5.41, 5.74) is 2.07. The van der Waals surface area contributed by atoms with Crippen LogP contribution in [0.15, 0.2) is 24.8 Å². The van der Waals surface area contributed by atoms with E-state index in [-0.39, 0.29) is 0 Å². The molecule has 1 aromatic rings. The number of aryl methyl sites for hydroxylation is 1. The quantitative estimate of drug-likeness (QED) is 0.565. The normalized spacial score (nSPS) is 14.5. The number of nitrogens with zero attached hydrogens (tertiary/aromatic N) is 1. The van der Waals surface area contributed by atoms with E-state index in [1.165, 1.54) is 12.8 Å². The summed E-state index contributed by atoms with van der Waals surface area (Å²) in [6, 6.07) is 4.73. The molecule has 1 saturated carbocycles. The number of nitrogens with one attached hydrogen (secondary N) is 1. The summed E-state index contributed by atoms with van der Waals surface area (Å²) < 4.78 is 5.80. The van der Waals surface area contributed by atoms with Crippen molar-refractivity contribution in [2.45, 2.75) is 45.2 Å². The molecule has 3 heteroatoms. The second kappa shape index (κ2) is 6.55. The molecule has 0 aliphatic heterocycles. The second-order valence-corrected chi connectivity index (χ2v) is 4.83. The van der Waals surface area contributed by atoms with Crippen LogP contribution in [0.5, 0.6) is 5.75 Å². The van der Waals surface area contributed by atoms with Gasteiger partial charge in [-0.1, -0.05) is 6.08 Å². The average Bonchev–Trinajstić information content (AvgIpc) is 3.18. The Morgan fingerprint density at radius 3 is 3.06 bits per heavy atom. The van der Waals surface area contributed by atoms with Gasteiger partial charge in [0.15, 0.2) is 0 Å². The van der Waals surface area contributed by atoms with Crippen LogP contribution in [0, 0.1) is 6.92 Å². The molecule has 1 aliphatic rings. The molecule has 98 valence electrons. The summed E-state index contributed by atoms with van der Waals surface area (Å²) in [6.07, 6.45) is 6.51. The Hall–Kier alpha value is -1.35. The zero-order valence-corrected chi connectivity index (χ0v) is 11.1. The average molecular weight is 246 g/mol. The van der Waals surface area contributed by atoms with Crippen molar-refractivity contribution in [2.75, 3.05) is 6.61 Å². The Labute approximate surface area is 109 Å². The van der Waals surface area contributed by atoms with Gasteiger partial charge in [-0.05, 0) is 44.7 Å². The van der Waals surface area contributed by atoms with Crippen LogP contribution in [-0.2, 0) is 6.54 Å². The van der Waals surface area contributed by atoms with E-state index in [4.69, 9.17) is 4.74 Å². The van der Waals surface area contributed by atoms with Gasteiger partial charge in [0.2, 0.25) is 0 Å². The van der Waals surface area contributed by atoms with E-state index >= 15 is 0 Å². The zero-order chi connectivity index (χ0) is 12.8. The maximum atomic E-state index is 5.80. The molecular weight excluding hydrogens is 224 g/mol. The highest BCUT2D eigenvalue weighted by atomic mass is 16.5. The Bertz CT molecular complexity index is 399. The van der Waals surface area contributed by atoms with Gasteiger partial charge in [-0.25, -0.2) is 0 Å². The van der Waals surface area contributed by atoms with E-state index in [2.05, 4.69) is 16.9 Å². The lowest BCUT2D eigenvalue weighted by atomic mass is 10.2. The van der Waals surface area contributed by atoms with Crippen LogP contribution >= 0.6 is 0 Å². The Morgan fingerprint density at radius 2 is 2.33 bits per heavy atom. The Balaban J connectivity index is 1.90. The highest BCUT2D eigenvalue weighted by Crippen LogP contribution is 2.22. The number of allylic oxidation sites excluding steroid dienone is 1. The lowest BCUT2D eigenvalue weighted by Gasteiger charge is -2.11. The molecule has 0 bridgehead atoms. The molecule has 0 amide bonds. The first-order valence-electron chi connectivity index (χ1n) is 6.73. The topological polar surface area (TPSA) is 34.1 Å². The molecule has 0 radical (unpaired) electrons. The molecule has 1 fully saturated rings. The number of aromatic nitrogens is 1. The van der Waals surface area contributed by atoms with E-state index in [0.29, 0.717) is 6.04 Å². The van der Waals surface area contributed by atoms with Crippen molar-refractivity contribution in [3.05, 3.63) is 36.2 Å². The smallest absolute Gasteiger partial charge is 0.142 e. The van der Waals surface area contributed by atoms with Gasteiger partial charge in [0.05, 0.1) is 12.3 Å². The van der Waals surface area contributed by atoms with E-state index in [9.17, 15) is 0 Å². The van der Waals surface area contributed by atoms with Gasteiger partial charge in [0.1, 0.15) is 5.75 Å². The fourth-order valence-electron chi connectivity index (χ4n) is 1.79. The molecule has 18 heavy (non-hydrogen) atoms. The summed E-state index contributed by atoms with van der Waals surface area (Å²) >= 11 is 0. The molecule has 1 N–H and O–H groups in total. The Morgan fingerprint density at radius 1 is 1.50 bits per heavy atom. The number of ether oxygens (including phenoxy) is 1. The van der Waals surface area contributed by atoms with Crippen LogP contribution in [0.2, 0.25) is 0 Å². The molecule has 0 saturated heterocycles. The predicted octanol–water partition coefficient (Wildman–Crippen LogP) is 2.99. The van der Waals surface area contributed by atoms with Crippen molar-refractivity contribution < 1.29 is 4.74 Å². The second-order valence-electron chi connectivity index (χ2n) is 4.83. The molecule has 1 aromatic heterocycles. The maximum absolute atomic E-state index is 5.80. The van der Waals surface area contributed by atoms with Gasteiger partial charge in [-0.15, -0.1) is 6.58 Å². The molecule has 0 atom stereocenters. The predicted molar refractivity (Wildman–Crippen MR) is 73.8 cm³/mol. The first-order chi connectivity index (χ1) is 8.79. The van der Waals surface area contributed by atoms with Crippen molar-refractivity contribution in [2.24, 2.45) is 0 Å². The summed E-state index contributed by atoms with van der Waals surface area (Å²) in [7, 11) is 0. The van der Waals surface area contributed by atoms with Gasteiger partial charge in [0.25, 0.3) is 0 Å². The van der Waals surface area contributed by atoms with Crippen molar-refractivity contribution in [3.63, 3.8) is 0 Å². The summed E-state index contributed by atoms with van der Waals surface area (Å²) in [5, 5.41) is 3.48. The lowest BCUT2D eigenvalue weighted by Crippen LogP contribution is -2.17. The first-order valence-corrected chi connectivity index (χ1v) is 6.73. The van der Waals surface area contributed by atoms with E-state index in [1.807, 2.05) is 25.1 Å². The fourth-order valence-corrected chi connectivity index (χ4v) is 1.79. The highest BCUT2D eigenvalue weighted by Gasteiger charge is 2.21. The molecule has 1 aliphatic carbocycles. The van der Waals surface area contributed by atoms with E-state index < -0.39 is 0 Å². The van der Waals surface area contributed by atoms with Gasteiger partial charge in [-0.3, -0.25) is 4.98 Å². The molecule has 0 aromatic carbocycles. The lowest BCUT2D eigenvalue weighted by molar-refractivity contribution is 0.306. The number of unbranched alkanes of at least 4 members (excludes halogenated alkanes) is 1. The molecule has 1 heterocycles. The molecule has 3 nitrogen and oxygen atoms in total. The van der Waals surface area contributed by atoms with Gasteiger partial charge in [-0.2, -0.15) is 0 Å². The zero-order valence-electron chi connectivity index (χ0n) is 11.1. The molecular formula is C15H22N2O. The van der Waals surface area contributed by atoms with Gasteiger partial charge >= 0.3 is 0 Å². The van der Waals surface area contributed by atoms with Crippen molar-refractivity contribution in [3.8, 4) is 5.75 Å². The minimum absolute atomic E-state index is 0.695. The third kappa shape index (κ3) is 4.15. The summed E-state index contributed by atoms with van der Waals surface area (Å²) in [5.74, 6) is 0.915. The fraction of sp³-hybridized carbons (Fsp3) is 0.533. The van der Waals surface area contributed by atoms with Crippen molar-refractivity contribution in [1.82, 2.24) is 10.3 Å². The number of pyridine rings is 1. The Kier molecular flexibility index (Phi) is 4.76. The SMILES string of the molecule is C=CCCCOc1ccc(C)nc1CNC1CC1. The van der Waals surface area contributed by atoms with E-state index in [0.717, 1.165) is 43.1 Å². The van der Waals surface area contributed by atoms with Gasteiger partial charge < -0.3 is 10.1 Å². The minimum atomic E-state index is 0.695. The minimum Gasteiger partial charge on any atom is -0.492 e. The van der Waals surface area contributed by atoms with Gasteiger partial charge in [0, 0.05) is 18.3 Å². The van der Waals surface area contributed by atoms with Crippen LogP contribution in [0.3, 0.4) is 0 Å². The van der Waals surface area contributed by atoms with Crippen molar-refractivity contribution >= 4 is 0 Å². The van der Waals surface area contributed by atoms with Crippen LogP contribution in [0.25, 0.3) is 0 Å². The van der Waals surface area contributed by atoms with Crippen LogP contribution in [-0.4, -0.2) is 17.6 Å². The van der Waals surface area contributed by atoms with Crippen LogP contribution in [0.1, 0.15) is 37.1 Å². The summed E-state index contributed by atoms with van der Waals surface area (Å²) in [6.45, 7) is 7.27. The molecule has 0 unspecified atom stereocenters. The highest BCUT2D eigenvalue weighted by molar-refractivity contribution is 5.29. The largest absolute Gasteiger partial charge is 0.492 e. The maximum Gasteiger partial charge on any atom is 0.142 e. The van der Waals surface area contributed by atoms with Crippen molar-refractivity contribution in [1.29, 1.82) is 0 Å². The number of hydrogen-bond donors (Lipinski definition) is 1. The molecule has 2 rings (SSSR count). The summed E-state index contributed by atoms with van der Waals surface area (Å²) in [4.78, 5) is 4.56. The molecule has 0 spiro atoms. The van der Waals surface area contributed by atoms with Crippen LogP contribution < -0.4 is 10.1 Å². The van der Waals surface area contributed by atoms with Crippen LogP contribution in [0.4, 0.5) is 0 Å². The standard InChI is InChI=1S/C15H22N2O/c1-3-4-5-10-18-15-9-6-12(2)17-14(15)11-16-13-7-8-13/h3,6,9,13,16H,1,4-5,7-8,10-11H2,2H3. The third-order valence-corrected chi connectivity index (χ3v) is 3.02.